The van der Waals surface area contributed by atoms with Gasteiger partial charge in [0.15, 0.2) is 0 Å². The third-order valence-electron chi connectivity index (χ3n) is 6.73. The predicted octanol–water partition coefficient (Wildman–Crippen LogP) is 2.98. The monoisotopic (exact) mass is 477 g/mol. The summed E-state index contributed by atoms with van der Waals surface area (Å²) in [5.74, 6) is -0.774. The zero-order valence-corrected chi connectivity index (χ0v) is 20.2. The molecule has 2 aliphatic heterocycles. The second-order valence-corrected chi connectivity index (χ2v) is 9.23. The van der Waals surface area contributed by atoms with E-state index in [4.69, 9.17) is 4.74 Å². The fourth-order valence-electron chi connectivity index (χ4n) is 4.77. The van der Waals surface area contributed by atoms with Gasteiger partial charge >= 0.3 is 5.97 Å². The van der Waals surface area contributed by atoms with Crippen LogP contribution in [-0.4, -0.2) is 54.0 Å². The first-order chi connectivity index (χ1) is 16.8. The summed E-state index contributed by atoms with van der Waals surface area (Å²) in [6, 6.07) is 15.1. The second kappa shape index (κ2) is 10.3. The third-order valence-corrected chi connectivity index (χ3v) is 6.73. The number of hydrogen-bond donors (Lipinski definition) is 1. The summed E-state index contributed by atoms with van der Waals surface area (Å²) in [4.78, 5) is 53.4. The fraction of sp³-hybridized carbons (Fsp3) is 0.407. The highest BCUT2D eigenvalue weighted by Crippen LogP contribution is 2.43. The molecule has 2 heterocycles. The van der Waals surface area contributed by atoms with Gasteiger partial charge in [-0.2, -0.15) is 0 Å². The Kier molecular flexibility index (Phi) is 7.19. The van der Waals surface area contributed by atoms with Crippen molar-refractivity contribution in [3.63, 3.8) is 0 Å². The normalized spacial score (nSPS) is 18.8. The largest absolute Gasteiger partial charge is 0.464 e. The maximum atomic E-state index is 13.2. The van der Waals surface area contributed by atoms with Gasteiger partial charge in [-0.3, -0.25) is 24.1 Å². The molecule has 184 valence electrons. The summed E-state index contributed by atoms with van der Waals surface area (Å²) in [7, 11) is 0. The lowest BCUT2D eigenvalue weighted by Gasteiger charge is -2.48. The Morgan fingerprint density at radius 1 is 1.06 bits per heavy atom. The van der Waals surface area contributed by atoms with Crippen LogP contribution in [0.5, 0.6) is 0 Å². The van der Waals surface area contributed by atoms with Crippen molar-refractivity contribution in [1.82, 2.24) is 10.2 Å². The number of nitrogens with one attached hydrogen (secondary N) is 1. The number of benzene rings is 2. The number of carbonyl (C=O) groups is 4. The van der Waals surface area contributed by atoms with Gasteiger partial charge in [-0.15, -0.1) is 0 Å². The number of ether oxygens (including phenoxy) is 1. The molecule has 8 nitrogen and oxygen atoms in total. The molecule has 0 spiro atoms. The molecule has 3 amide bonds. The average Bonchev–Trinajstić information content (AvgIpc) is 3.16. The maximum Gasteiger partial charge on any atom is 0.307 e. The Balaban J connectivity index is 1.23. The molecular formula is C27H31N3O5. The summed E-state index contributed by atoms with van der Waals surface area (Å²) >= 11 is 0. The molecule has 0 saturated carbocycles. The van der Waals surface area contributed by atoms with E-state index in [1.807, 2.05) is 44.2 Å². The van der Waals surface area contributed by atoms with E-state index in [0.29, 0.717) is 36.9 Å². The number of carbonyl (C=O) groups excluding carboxylic acids is 4. The first-order valence-corrected chi connectivity index (χ1v) is 12.0. The predicted molar refractivity (Wildman–Crippen MR) is 131 cm³/mol. The summed E-state index contributed by atoms with van der Waals surface area (Å²) < 4.78 is 5.26. The van der Waals surface area contributed by atoms with Crippen molar-refractivity contribution in [2.24, 2.45) is 0 Å². The lowest BCUT2D eigenvalue weighted by Crippen LogP contribution is -2.62. The van der Waals surface area contributed by atoms with E-state index in [1.54, 1.807) is 28.0 Å². The van der Waals surface area contributed by atoms with Gasteiger partial charge in [-0.25, -0.2) is 0 Å². The molecular weight excluding hydrogens is 446 g/mol. The Labute approximate surface area is 205 Å². The van der Waals surface area contributed by atoms with Crippen molar-refractivity contribution < 1.29 is 23.9 Å². The van der Waals surface area contributed by atoms with E-state index >= 15 is 0 Å². The van der Waals surface area contributed by atoms with Crippen molar-refractivity contribution in [3.05, 3.63) is 65.2 Å². The molecule has 0 aliphatic carbocycles. The van der Waals surface area contributed by atoms with E-state index in [1.165, 1.54) is 5.56 Å². The van der Waals surface area contributed by atoms with Crippen LogP contribution in [-0.2, 0) is 25.5 Å². The van der Waals surface area contributed by atoms with Crippen LogP contribution in [0.4, 0.5) is 5.69 Å². The molecule has 2 aliphatic rings. The number of esters is 1. The molecule has 4 rings (SSSR count). The van der Waals surface area contributed by atoms with Crippen LogP contribution in [0.1, 0.15) is 54.1 Å². The minimum Gasteiger partial charge on any atom is -0.464 e. The highest BCUT2D eigenvalue weighted by atomic mass is 16.5. The number of fused-ring (bicyclic) bond motifs is 3. The quantitative estimate of drug-likeness (QED) is 0.443. The zero-order chi connectivity index (χ0) is 25.0. The SMILES string of the molecule is Cc1ccc(CCC(=O)NCCOC(=O)CCN2C(=O)c3ccccc3N3C(=O)CCC23C)cc1. The molecule has 1 N–H and O–H groups in total. The van der Waals surface area contributed by atoms with E-state index < -0.39 is 11.6 Å². The van der Waals surface area contributed by atoms with Crippen molar-refractivity contribution in [2.45, 2.75) is 51.6 Å². The minimum atomic E-state index is -0.797. The lowest BCUT2D eigenvalue weighted by atomic mass is 9.98. The Morgan fingerprint density at radius 3 is 2.57 bits per heavy atom. The number of nitrogens with zero attached hydrogens (tertiary/aromatic N) is 2. The topological polar surface area (TPSA) is 96.0 Å². The molecule has 1 atom stereocenters. The summed E-state index contributed by atoms with van der Waals surface area (Å²) in [5, 5.41) is 2.76. The Bertz CT molecular complexity index is 1130. The molecule has 35 heavy (non-hydrogen) atoms. The fourth-order valence-corrected chi connectivity index (χ4v) is 4.77. The Morgan fingerprint density at radius 2 is 1.80 bits per heavy atom. The Hall–Kier alpha value is -3.68. The highest BCUT2D eigenvalue weighted by Gasteiger charge is 2.52. The van der Waals surface area contributed by atoms with Crippen molar-refractivity contribution in [3.8, 4) is 0 Å². The van der Waals surface area contributed by atoms with Gasteiger partial charge in [-0.05, 0) is 44.4 Å². The number of aryl methyl sites for hydroxylation is 2. The molecule has 0 radical (unpaired) electrons. The standard InChI is InChI=1S/C27H31N3O5/c1-19-7-9-20(10-8-19)11-12-23(31)28-16-18-35-25(33)14-17-29-26(34)21-5-3-4-6-22(21)30-24(32)13-15-27(29,30)2/h3-10H,11-18H2,1-2H3,(H,28,31). The third kappa shape index (κ3) is 5.21. The van der Waals surface area contributed by atoms with Gasteiger partial charge in [0.2, 0.25) is 11.8 Å². The van der Waals surface area contributed by atoms with Crippen LogP contribution in [0.15, 0.2) is 48.5 Å². The molecule has 1 unspecified atom stereocenters. The molecule has 2 aromatic rings. The molecule has 8 heteroatoms. The number of rotatable bonds is 9. The van der Waals surface area contributed by atoms with Crippen LogP contribution in [0.3, 0.4) is 0 Å². The lowest BCUT2D eigenvalue weighted by molar-refractivity contribution is -0.144. The summed E-state index contributed by atoms with van der Waals surface area (Å²) in [5.41, 5.74) is 2.57. The first-order valence-electron chi connectivity index (χ1n) is 12.0. The van der Waals surface area contributed by atoms with Gasteiger partial charge < -0.3 is 15.0 Å². The van der Waals surface area contributed by atoms with Crippen LogP contribution >= 0.6 is 0 Å². The highest BCUT2D eigenvalue weighted by molar-refractivity contribution is 6.10. The molecule has 1 saturated heterocycles. The first kappa shape index (κ1) is 24.4. The molecule has 1 fully saturated rings. The van der Waals surface area contributed by atoms with Crippen LogP contribution in [0.25, 0.3) is 0 Å². The number of para-hydroxylation sites is 1. The van der Waals surface area contributed by atoms with E-state index in [0.717, 1.165) is 5.56 Å². The van der Waals surface area contributed by atoms with Crippen molar-refractivity contribution >= 4 is 29.4 Å². The molecule has 2 aromatic carbocycles. The van der Waals surface area contributed by atoms with Gasteiger partial charge in [0.25, 0.3) is 5.91 Å². The average molecular weight is 478 g/mol. The minimum absolute atomic E-state index is 0.00684. The van der Waals surface area contributed by atoms with Gasteiger partial charge in [0.1, 0.15) is 12.3 Å². The second-order valence-electron chi connectivity index (χ2n) is 9.23. The van der Waals surface area contributed by atoms with Crippen molar-refractivity contribution in [1.29, 1.82) is 0 Å². The van der Waals surface area contributed by atoms with Gasteiger partial charge in [-0.1, -0.05) is 42.0 Å². The van der Waals surface area contributed by atoms with E-state index in [9.17, 15) is 19.2 Å². The maximum absolute atomic E-state index is 13.2. The van der Waals surface area contributed by atoms with Crippen molar-refractivity contribution in [2.75, 3.05) is 24.6 Å². The van der Waals surface area contributed by atoms with E-state index in [-0.39, 0.29) is 43.8 Å². The summed E-state index contributed by atoms with van der Waals surface area (Å²) in [6.07, 6.45) is 1.88. The zero-order valence-electron chi connectivity index (χ0n) is 20.2. The number of hydrogen-bond acceptors (Lipinski definition) is 5. The van der Waals surface area contributed by atoms with Crippen LogP contribution in [0, 0.1) is 6.92 Å². The number of anilines is 1. The van der Waals surface area contributed by atoms with Gasteiger partial charge in [0.05, 0.1) is 24.2 Å². The smallest absolute Gasteiger partial charge is 0.307 e. The summed E-state index contributed by atoms with van der Waals surface area (Å²) in [6.45, 7) is 4.33. The van der Waals surface area contributed by atoms with Gasteiger partial charge in [0, 0.05) is 19.4 Å². The number of amides is 3. The molecule has 0 aromatic heterocycles. The van der Waals surface area contributed by atoms with E-state index in [2.05, 4.69) is 5.32 Å². The molecule has 0 bridgehead atoms. The van der Waals surface area contributed by atoms with Crippen LogP contribution in [0.2, 0.25) is 0 Å². The van der Waals surface area contributed by atoms with Crippen LogP contribution < -0.4 is 10.2 Å².